The molecule has 2 aromatic rings. The number of hydrogen-bond donors (Lipinski definition) is 1. The van der Waals surface area contributed by atoms with E-state index in [9.17, 15) is 0 Å². The minimum absolute atomic E-state index is 0.312. The summed E-state index contributed by atoms with van der Waals surface area (Å²) in [6.07, 6.45) is 1.12. The van der Waals surface area contributed by atoms with Crippen molar-refractivity contribution in [3.63, 3.8) is 0 Å². The van der Waals surface area contributed by atoms with Crippen molar-refractivity contribution in [2.24, 2.45) is 7.05 Å². The van der Waals surface area contributed by atoms with Crippen molar-refractivity contribution in [3.05, 3.63) is 34.9 Å². The van der Waals surface area contributed by atoms with E-state index in [0.717, 1.165) is 23.9 Å². The third-order valence-corrected chi connectivity index (χ3v) is 4.51. The second-order valence-electron chi connectivity index (χ2n) is 5.26. The first kappa shape index (κ1) is 16.0. The zero-order chi connectivity index (χ0) is 15.2. The highest BCUT2D eigenvalue weighted by Gasteiger charge is 2.15. The molecule has 0 bridgehead atoms. The first-order chi connectivity index (χ1) is 10.1. The van der Waals surface area contributed by atoms with Crippen LogP contribution in [0.5, 0.6) is 0 Å². The molecule has 0 fully saturated rings. The smallest absolute Gasteiger partial charge is 0.209 e. The molecule has 0 radical (unpaired) electrons. The number of nitrogens with zero attached hydrogens (tertiary/aromatic N) is 4. The van der Waals surface area contributed by atoms with Crippen LogP contribution in [0.1, 0.15) is 36.1 Å². The van der Waals surface area contributed by atoms with Gasteiger partial charge in [0.15, 0.2) is 0 Å². The van der Waals surface area contributed by atoms with E-state index >= 15 is 0 Å². The number of rotatable bonds is 7. The quantitative estimate of drug-likeness (QED) is 0.797. The van der Waals surface area contributed by atoms with E-state index in [1.165, 1.54) is 16.7 Å². The molecule has 1 N–H and O–H groups in total. The zero-order valence-electron chi connectivity index (χ0n) is 13.1. The number of benzene rings is 1. The van der Waals surface area contributed by atoms with Crippen LogP contribution < -0.4 is 5.32 Å². The fourth-order valence-corrected chi connectivity index (χ4v) is 3.23. The van der Waals surface area contributed by atoms with Gasteiger partial charge in [-0.25, -0.2) is 4.68 Å². The lowest BCUT2D eigenvalue weighted by molar-refractivity contribution is 0.573. The molecule has 0 amide bonds. The average molecular weight is 305 g/mol. The summed E-state index contributed by atoms with van der Waals surface area (Å²) in [4.78, 5) is 0. The summed E-state index contributed by atoms with van der Waals surface area (Å²) in [6, 6.07) is 6.96. The molecule has 0 saturated heterocycles. The summed E-state index contributed by atoms with van der Waals surface area (Å²) in [5.41, 5.74) is 3.99. The second-order valence-corrected chi connectivity index (χ2v) is 6.25. The average Bonchev–Trinajstić information content (AvgIpc) is 2.85. The van der Waals surface area contributed by atoms with Gasteiger partial charge in [0.25, 0.3) is 0 Å². The molecule has 5 nitrogen and oxygen atoms in total. The normalized spacial score (nSPS) is 12.6. The number of nitrogens with one attached hydrogen (secondary N) is 1. The first-order valence-electron chi connectivity index (χ1n) is 7.27. The maximum Gasteiger partial charge on any atom is 0.209 e. The van der Waals surface area contributed by atoms with Crippen LogP contribution in [0.4, 0.5) is 0 Å². The Bertz CT molecular complexity index is 581. The maximum atomic E-state index is 4.04. The fraction of sp³-hybridized carbons (Fsp3) is 0.533. The summed E-state index contributed by atoms with van der Waals surface area (Å²) >= 11 is 1.68. The molecule has 0 saturated carbocycles. The molecule has 1 unspecified atom stereocenters. The Morgan fingerprint density at radius 2 is 2.14 bits per heavy atom. The summed E-state index contributed by atoms with van der Waals surface area (Å²) in [5, 5.41) is 16.1. The van der Waals surface area contributed by atoms with Crippen molar-refractivity contribution in [2.45, 2.75) is 38.4 Å². The van der Waals surface area contributed by atoms with Crippen molar-refractivity contribution < 1.29 is 0 Å². The Morgan fingerprint density at radius 3 is 2.76 bits per heavy atom. The SMILES string of the molecule is CCCNC(CSc1nnnn1C)c1ccc(C)cc1C. The molecule has 0 aliphatic rings. The lowest BCUT2D eigenvalue weighted by atomic mass is 10.00. The van der Waals surface area contributed by atoms with E-state index < -0.39 is 0 Å². The lowest BCUT2D eigenvalue weighted by Crippen LogP contribution is -2.25. The molecule has 0 spiro atoms. The van der Waals surface area contributed by atoms with Crippen LogP contribution in [0.3, 0.4) is 0 Å². The highest BCUT2D eigenvalue weighted by atomic mass is 32.2. The Labute approximate surface area is 130 Å². The zero-order valence-corrected chi connectivity index (χ0v) is 13.9. The Balaban J connectivity index is 2.12. The summed E-state index contributed by atoms with van der Waals surface area (Å²) < 4.78 is 1.71. The van der Waals surface area contributed by atoms with Crippen molar-refractivity contribution >= 4 is 11.8 Å². The van der Waals surface area contributed by atoms with Gasteiger partial charge in [-0.15, -0.1) is 5.10 Å². The summed E-state index contributed by atoms with van der Waals surface area (Å²) in [7, 11) is 1.87. The van der Waals surface area contributed by atoms with Gasteiger partial charge in [0.2, 0.25) is 5.16 Å². The number of tetrazole rings is 1. The minimum atomic E-state index is 0.312. The van der Waals surface area contributed by atoms with Gasteiger partial charge in [-0.05, 0) is 48.4 Å². The number of hydrogen-bond acceptors (Lipinski definition) is 5. The van der Waals surface area contributed by atoms with E-state index in [0.29, 0.717) is 6.04 Å². The maximum absolute atomic E-state index is 4.04. The van der Waals surface area contributed by atoms with Crippen LogP contribution in [0, 0.1) is 13.8 Å². The predicted molar refractivity (Wildman–Crippen MR) is 86.5 cm³/mol. The van der Waals surface area contributed by atoms with Gasteiger partial charge in [-0.2, -0.15) is 0 Å². The van der Waals surface area contributed by atoms with E-state index in [1.807, 2.05) is 7.05 Å². The van der Waals surface area contributed by atoms with E-state index in [4.69, 9.17) is 0 Å². The Hall–Kier alpha value is -1.40. The third-order valence-electron chi connectivity index (χ3n) is 3.40. The van der Waals surface area contributed by atoms with Crippen LogP contribution >= 0.6 is 11.8 Å². The highest BCUT2D eigenvalue weighted by Crippen LogP contribution is 2.25. The molecule has 0 aliphatic heterocycles. The van der Waals surface area contributed by atoms with Gasteiger partial charge in [-0.3, -0.25) is 0 Å². The molecule has 1 atom stereocenters. The topological polar surface area (TPSA) is 55.6 Å². The van der Waals surface area contributed by atoms with Gasteiger partial charge in [0.05, 0.1) is 0 Å². The predicted octanol–water partition coefficient (Wildman–Crippen LogP) is 2.66. The Kier molecular flexibility index (Phi) is 5.76. The van der Waals surface area contributed by atoms with Crippen LogP contribution in [0.25, 0.3) is 0 Å². The molecule has 1 heterocycles. The van der Waals surface area contributed by atoms with Crippen molar-refractivity contribution in [1.29, 1.82) is 0 Å². The third kappa shape index (κ3) is 4.28. The van der Waals surface area contributed by atoms with Gasteiger partial charge in [0.1, 0.15) is 0 Å². The molecule has 0 aliphatic carbocycles. The molecule has 6 heteroatoms. The molecule has 114 valence electrons. The Morgan fingerprint density at radius 1 is 1.33 bits per heavy atom. The number of thioether (sulfide) groups is 1. The van der Waals surface area contributed by atoms with Crippen LogP contribution in [0.15, 0.2) is 23.4 Å². The van der Waals surface area contributed by atoms with Crippen molar-refractivity contribution in [1.82, 2.24) is 25.5 Å². The second kappa shape index (κ2) is 7.56. The molecule has 2 rings (SSSR count). The monoisotopic (exact) mass is 305 g/mol. The number of aryl methyl sites for hydroxylation is 3. The standard InChI is InChI=1S/C15H23N5S/c1-5-8-16-14(10-21-15-17-18-19-20(15)4)13-7-6-11(2)9-12(13)3/h6-7,9,14,16H,5,8,10H2,1-4H3. The summed E-state index contributed by atoms with van der Waals surface area (Å²) in [6.45, 7) is 7.50. The molecule has 1 aromatic heterocycles. The largest absolute Gasteiger partial charge is 0.309 e. The molecular weight excluding hydrogens is 282 g/mol. The fourth-order valence-electron chi connectivity index (χ4n) is 2.30. The summed E-state index contributed by atoms with van der Waals surface area (Å²) in [5.74, 6) is 0.915. The van der Waals surface area contributed by atoms with Crippen LogP contribution in [-0.4, -0.2) is 32.5 Å². The van der Waals surface area contributed by atoms with Crippen molar-refractivity contribution in [2.75, 3.05) is 12.3 Å². The molecule has 21 heavy (non-hydrogen) atoms. The number of aromatic nitrogens is 4. The first-order valence-corrected chi connectivity index (χ1v) is 8.26. The molecular formula is C15H23N5S. The lowest BCUT2D eigenvalue weighted by Gasteiger charge is -2.20. The van der Waals surface area contributed by atoms with Crippen LogP contribution in [-0.2, 0) is 7.05 Å². The van der Waals surface area contributed by atoms with E-state index in [2.05, 4.69) is 59.8 Å². The molecule has 1 aromatic carbocycles. The van der Waals surface area contributed by atoms with Gasteiger partial charge in [-0.1, -0.05) is 42.4 Å². The van der Waals surface area contributed by atoms with Gasteiger partial charge >= 0.3 is 0 Å². The highest BCUT2D eigenvalue weighted by molar-refractivity contribution is 7.99. The van der Waals surface area contributed by atoms with Crippen LogP contribution in [0.2, 0.25) is 0 Å². The van der Waals surface area contributed by atoms with E-state index in [-0.39, 0.29) is 0 Å². The minimum Gasteiger partial charge on any atom is -0.309 e. The van der Waals surface area contributed by atoms with Gasteiger partial charge in [0, 0.05) is 18.8 Å². The van der Waals surface area contributed by atoms with Gasteiger partial charge < -0.3 is 5.32 Å². The van der Waals surface area contributed by atoms with Crippen molar-refractivity contribution in [3.8, 4) is 0 Å². The van der Waals surface area contributed by atoms with E-state index in [1.54, 1.807) is 16.4 Å².